The lowest BCUT2D eigenvalue weighted by Gasteiger charge is -2.19. The maximum atomic E-state index is 5.43. The summed E-state index contributed by atoms with van der Waals surface area (Å²) >= 11 is 0. The van der Waals surface area contributed by atoms with Crippen LogP contribution >= 0.6 is 0 Å². The van der Waals surface area contributed by atoms with Gasteiger partial charge in [0.2, 0.25) is 0 Å². The Hall–Kier alpha value is -1.20. The Morgan fingerprint density at radius 1 is 1.25 bits per heavy atom. The predicted molar refractivity (Wildman–Crippen MR) is 63.9 cm³/mol. The Bertz CT molecular complexity index is 365. The van der Waals surface area contributed by atoms with Gasteiger partial charge in [0.25, 0.3) is 0 Å². The van der Waals surface area contributed by atoms with Gasteiger partial charge < -0.3 is 10.2 Å². The molecule has 1 rings (SSSR count). The predicted octanol–water partition coefficient (Wildman–Crippen LogP) is 1.72. The molecule has 0 aliphatic heterocycles. The standard InChI is InChI=1S/C11H20N4O/c1-6(2)9(16-5)11-13-8(4)7(3)10(14-11)15-12/h6,9H,12H2,1-5H3,(H,13,14,15). The van der Waals surface area contributed by atoms with E-state index in [1.54, 1.807) is 7.11 Å². The first-order chi connectivity index (χ1) is 7.51. The molecule has 0 bridgehead atoms. The summed E-state index contributed by atoms with van der Waals surface area (Å²) in [7, 11) is 1.67. The maximum absolute atomic E-state index is 5.43. The highest BCUT2D eigenvalue weighted by Gasteiger charge is 2.20. The molecule has 90 valence electrons. The normalized spacial score (nSPS) is 12.9. The van der Waals surface area contributed by atoms with E-state index in [-0.39, 0.29) is 6.10 Å². The topological polar surface area (TPSA) is 73.1 Å². The zero-order valence-electron chi connectivity index (χ0n) is 10.5. The summed E-state index contributed by atoms with van der Waals surface area (Å²) in [4.78, 5) is 8.81. The van der Waals surface area contributed by atoms with Gasteiger partial charge in [-0.1, -0.05) is 13.8 Å². The quantitative estimate of drug-likeness (QED) is 0.602. The van der Waals surface area contributed by atoms with Crippen molar-refractivity contribution in [1.82, 2.24) is 9.97 Å². The lowest BCUT2D eigenvalue weighted by molar-refractivity contribution is 0.0574. The third-order valence-corrected chi connectivity index (χ3v) is 2.66. The van der Waals surface area contributed by atoms with Crippen molar-refractivity contribution in [2.24, 2.45) is 11.8 Å². The van der Waals surface area contributed by atoms with Crippen molar-refractivity contribution in [2.45, 2.75) is 33.8 Å². The fraction of sp³-hybridized carbons (Fsp3) is 0.636. The molecular weight excluding hydrogens is 204 g/mol. The van der Waals surface area contributed by atoms with Crippen molar-refractivity contribution in [2.75, 3.05) is 12.5 Å². The molecule has 16 heavy (non-hydrogen) atoms. The zero-order chi connectivity index (χ0) is 12.3. The molecule has 0 fully saturated rings. The van der Waals surface area contributed by atoms with Crippen LogP contribution in [0, 0.1) is 19.8 Å². The van der Waals surface area contributed by atoms with E-state index >= 15 is 0 Å². The molecule has 5 nitrogen and oxygen atoms in total. The summed E-state index contributed by atoms with van der Waals surface area (Å²) in [6.45, 7) is 8.02. The number of hydrogen-bond donors (Lipinski definition) is 2. The number of ether oxygens (including phenoxy) is 1. The number of methoxy groups -OCH3 is 1. The highest BCUT2D eigenvalue weighted by atomic mass is 16.5. The van der Waals surface area contributed by atoms with Crippen molar-refractivity contribution in [3.63, 3.8) is 0 Å². The Morgan fingerprint density at radius 2 is 1.88 bits per heavy atom. The molecule has 1 atom stereocenters. The molecule has 0 amide bonds. The van der Waals surface area contributed by atoms with Gasteiger partial charge in [0.1, 0.15) is 11.9 Å². The van der Waals surface area contributed by atoms with Crippen molar-refractivity contribution in [1.29, 1.82) is 0 Å². The second-order valence-corrected chi connectivity index (χ2v) is 4.19. The van der Waals surface area contributed by atoms with Gasteiger partial charge in [0.15, 0.2) is 5.82 Å². The highest BCUT2D eigenvalue weighted by molar-refractivity contribution is 5.44. The number of aromatic nitrogens is 2. The molecule has 0 saturated heterocycles. The van der Waals surface area contributed by atoms with Gasteiger partial charge in [0.05, 0.1) is 0 Å². The fourth-order valence-corrected chi connectivity index (χ4v) is 1.59. The van der Waals surface area contributed by atoms with Crippen molar-refractivity contribution in [3.05, 3.63) is 17.1 Å². The van der Waals surface area contributed by atoms with Gasteiger partial charge in [-0.3, -0.25) is 0 Å². The van der Waals surface area contributed by atoms with E-state index in [0.29, 0.717) is 17.6 Å². The third kappa shape index (κ3) is 2.48. The average molecular weight is 224 g/mol. The van der Waals surface area contributed by atoms with E-state index in [4.69, 9.17) is 10.6 Å². The second kappa shape index (κ2) is 5.23. The van der Waals surface area contributed by atoms with E-state index in [1.165, 1.54) is 0 Å². The minimum atomic E-state index is -0.105. The van der Waals surface area contributed by atoms with Crippen LogP contribution in [-0.2, 0) is 4.74 Å². The molecule has 0 spiro atoms. The molecular formula is C11H20N4O. The summed E-state index contributed by atoms with van der Waals surface area (Å²) in [6.07, 6.45) is -0.105. The van der Waals surface area contributed by atoms with E-state index in [0.717, 1.165) is 11.3 Å². The third-order valence-electron chi connectivity index (χ3n) is 2.66. The van der Waals surface area contributed by atoms with Crippen LogP contribution in [0.2, 0.25) is 0 Å². The number of hydrazine groups is 1. The summed E-state index contributed by atoms with van der Waals surface area (Å²) in [6, 6.07) is 0. The average Bonchev–Trinajstić information content (AvgIpc) is 2.23. The fourth-order valence-electron chi connectivity index (χ4n) is 1.59. The number of nitrogens with zero attached hydrogens (tertiary/aromatic N) is 2. The molecule has 1 unspecified atom stereocenters. The first-order valence-electron chi connectivity index (χ1n) is 5.35. The van der Waals surface area contributed by atoms with Gasteiger partial charge >= 0.3 is 0 Å². The molecule has 0 aromatic carbocycles. The first kappa shape index (κ1) is 12.9. The van der Waals surface area contributed by atoms with Crippen LogP contribution in [0.5, 0.6) is 0 Å². The minimum Gasteiger partial charge on any atom is -0.373 e. The van der Waals surface area contributed by atoms with Gasteiger partial charge in [-0.2, -0.15) is 0 Å². The summed E-state index contributed by atoms with van der Waals surface area (Å²) in [5, 5.41) is 0. The lowest BCUT2D eigenvalue weighted by atomic mass is 10.1. The zero-order valence-corrected chi connectivity index (χ0v) is 10.5. The number of nitrogens with one attached hydrogen (secondary N) is 1. The van der Waals surface area contributed by atoms with Crippen molar-refractivity contribution in [3.8, 4) is 0 Å². The van der Waals surface area contributed by atoms with Crippen LogP contribution < -0.4 is 11.3 Å². The Balaban J connectivity index is 3.19. The Morgan fingerprint density at radius 3 is 2.31 bits per heavy atom. The number of nitrogens with two attached hydrogens (primary N) is 1. The SMILES string of the molecule is COC(c1nc(C)c(C)c(NN)n1)C(C)C. The van der Waals surface area contributed by atoms with Gasteiger partial charge in [0, 0.05) is 18.4 Å². The van der Waals surface area contributed by atoms with Crippen LogP contribution in [-0.4, -0.2) is 17.1 Å². The highest BCUT2D eigenvalue weighted by Crippen LogP contribution is 2.24. The summed E-state index contributed by atoms with van der Waals surface area (Å²) < 4.78 is 5.40. The summed E-state index contributed by atoms with van der Waals surface area (Å²) in [5.41, 5.74) is 4.47. The smallest absolute Gasteiger partial charge is 0.160 e. The van der Waals surface area contributed by atoms with Crippen molar-refractivity contribution >= 4 is 5.82 Å². The summed E-state index contributed by atoms with van der Waals surface area (Å²) in [5.74, 6) is 7.07. The molecule has 0 aliphatic rings. The first-order valence-corrected chi connectivity index (χ1v) is 5.35. The van der Waals surface area contributed by atoms with E-state index in [9.17, 15) is 0 Å². The molecule has 1 aromatic rings. The van der Waals surface area contributed by atoms with Gasteiger partial charge in [-0.05, 0) is 19.8 Å². The molecule has 0 saturated carbocycles. The maximum Gasteiger partial charge on any atom is 0.160 e. The number of hydrogen-bond acceptors (Lipinski definition) is 5. The van der Waals surface area contributed by atoms with Crippen LogP contribution in [0.1, 0.15) is 37.0 Å². The van der Waals surface area contributed by atoms with Crippen LogP contribution in [0.15, 0.2) is 0 Å². The van der Waals surface area contributed by atoms with E-state index in [1.807, 2.05) is 13.8 Å². The molecule has 3 N–H and O–H groups in total. The molecule has 5 heteroatoms. The van der Waals surface area contributed by atoms with Gasteiger partial charge in [-0.15, -0.1) is 0 Å². The number of anilines is 1. The van der Waals surface area contributed by atoms with E-state index in [2.05, 4.69) is 29.2 Å². The van der Waals surface area contributed by atoms with Crippen LogP contribution in [0.3, 0.4) is 0 Å². The Labute approximate surface area is 96.4 Å². The van der Waals surface area contributed by atoms with E-state index < -0.39 is 0 Å². The molecule has 1 heterocycles. The molecule has 0 radical (unpaired) electrons. The van der Waals surface area contributed by atoms with Crippen LogP contribution in [0.25, 0.3) is 0 Å². The molecule has 0 aliphatic carbocycles. The second-order valence-electron chi connectivity index (χ2n) is 4.19. The number of rotatable bonds is 4. The number of nitrogen functional groups attached to an aromatic ring is 1. The largest absolute Gasteiger partial charge is 0.373 e. The molecule has 1 aromatic heterocycles. The minimum absolute atomic E-state index is 0.105. The Kier molecular flexibility index (Phi) is 4.20. The lowest BCUT2D eigenvalue weighted by Crippen LogP contribution is -2.18. The van der Waals surface area contributed by atoms with Gasteiger partial charge in [-0.25, -0.2) is 15.8 Å². The van der Waals surface area contributed by atoms with Crippen molar-refractivity contribution < 1.29 is 4.74 Å². The monoisotopic (exact) mass is 224 g/mol. The number of aryl methyl sites for hydroxylation is 1. The van der Waals surface area contributed by atoms with Crippen LogP contribution in [0.4, 0.5) is 5.82 Å².